The van der Waals surface area contributed by atoms with Gasteiger partial charge in [0, 0.05) is 18.8 Å². The molecule has 5 nitrogen and oxygen atoms in total. The smallest absolute Gasteiger partial charge is 0.338 e. The van der Waals surface area contributed by atoms with Gasteiger partial charge < -0.3 is 10.1 Å². The number of carbonyl (C=O) groups is 2. The lowest BCUT2D eigenvalue weighted by Crippen LogP contribution is -2.40. The van der Waals surface area contributed by atoms with Gasteiger partial charge in [0.15, 0.2) is 0 Å². The van der Waals surface area contributed by atoms with E-state index in [1.165, 1.54) is 12.1 Å². The van der Waals surface area contributed by atoms with Crippen molar-refractivity contribution in [3.8, 4) is 0 Å². The summed E-state index contributed by atoms with van der Waals surface area (Å²) in [5, 5.41) is 2.93. The number of anilines is 1. The first-order valence-electron chi connectivity index (χ1n) is 9.60. The van der Waals surface area contributed by atoms with Crippen molar-refractivity contribution in [2.24, 2.45) is 5.92 Å². The van der Waals surface area contributed by atoms with Crippen molar-refractivity contribution < 1.29 is 18.7 Å². The molecule has 1 saturated heterocycles. The van der Waals surface area contributed by atoms with E-state index in [4.69, 9.17) is 4.74 Å². The molecule has 1 heterocycles. The number of likely N-dealkylation sites (tertiary alicyclic amines) is 1. The molecule has 1 N–H and O–H groups in total. The fourth-order valence-corrected chi connectivity index (χ4v) is 3.41. The number of halogens is 1. The molecule has 1 unspecified atom stereocenters. The number of piperidine rings is 1. The first-order valence-corrected chi connectivity index (χ1v) is 9.60. The van der Waals surface area contributed by atoms with Crippen LogP contribution in [0, 0.1) is 11.7 Å². The number of nitrogens with one attached hydrogen (secondary N) is 1. The Morgan fingerprint density at radius 1 is 1.14 bits per heavy atom. The average molecular weight is 384 g/mol. The molecule has 0 radical (unpaired) electrons. The van der Waals surface area contributed by atoms with Crippen LogP contribution in [0.3, 0.4) is 0 Å². The Morgan fingerprint density at radius 3 is 2.54 bits per heavy atom. The van der Waals surface area contributed by atoms with Crippen LogP contribution in [0.1, 0.15) is 35.7 Å². The molecule has 0 saturated carbocycles. The number of ether oxygens (including phenoxy) is 1. The summed E-state index contributed by atoms with van der Waals surface area (Å²) in [5.41, 5.74) is 2.16. The molecular formula is C22H25FN2O3. The summed E-state index contributed by atoms with van der Waals surface area (Å²) in [7, 11) is 0. The Hall–Kier alpha value is -2.73. The second-order valence-corrected chi connectivity index (χ2v) is 6.99. The van der Waals surface area contributed by atoms with E-state index in [1.807, 2.05) is 0 Å². The molecule has 0 aromatic heterocycles. The number of esters is 1. The molecule has 0 bridgehead atoms. The zero-order valence-corrected chi connectivity index (χ0v) is 16.0. The Morgan fingerprint density at radius 2 is 1.86 bits per heavy atom. The summed E-state index contributed by atoms with van der Waals surface area (Å²) in [6.45, 7) is 4.39. The summed E-state index contributed by atoms with van der Waals surface area (Å²) >= 11 is 0. The molecule has 2 aromatic rings. The highest BCUT2D eigenvalue weighted by atomic mass is 19.1. The van der Waals surface area contributed by atoms with Gasteiger partial charge in [0.2, 0.25) is 5.91 Å². The normalized spacial score (nSPS) is 17.1. The van der Waals surface area contributed by atoms with E-state index in [2.05, 4.69) is 10.2 Å². The van der Waals surface area contributed by atoms with Gasteiger partial charge in [-0.3, -0.25) is 9.69 Å². The third-order valence-corrected chi connectivity index (χ3v) is 4.86. The van der Waals surface area contributed by atoms with E-state index in [0.717, 1.165) is 24.9 Å². The van der Waals surface area contributed by atoms with Gasteiger partial charge in [-0.25, -0.2) is 9.18 Å². The van der Waals surface area contributed by atoms with Gasteiger partial charge >= 0.3 is 5.97 Å². The van der Waals surface area contributed by atoms with Crippen LogP contribution in [-0.2, 0) is 16.1 Å². The SMILES string of the molecule is CCOC(=O)c1ccc(NC(=O)C2CCCN(Cc3ccc(F)cc3)C2)cc1. The van der Waals surface area contributed by atoms with Crippen LogP contribution >= 0.6 is 0 Å². The fraction of sp³-hybridized carbons (Fsp3) is 0.364. The van der Waals surface area contributed by atoms with Crippen LogP contribution in [-0.4, -0.2) is 36.5 Å². The zero-order chi connectivity index (χ0) is 19.9. The second kappa shape index (κ2) is 9.46. The molecule has 3 rings (SSSR count). The number of carbonyl (C=O) groups excluding carboxylic acids is 2. The summed E-state index contributed by atoms with van der Waals surface area (Å²) in [5.74, 6) is -0.732. The van der Waals surface area contributed by atoms with E-state index in [1.54, 1.807) is 43.3 Å². The van der Waals surface area contributed by atoms with Crippen LogP contribution in [0.4, 0.5) is 10.1 Å². The van der Waals surface area contributed by atoms with E-state index < -0.39 is 0 Å². The molecule has 1 aliphatic heterocycles. The highest BCUT2D eigenvalue weighted by Crippen LogP contribution is 2.21. The van der Waals surface area contributed by atoms with Crippen molar-refractivity contribution in [3.05, 3.63) is 65.5 Å². The zero-order valence-electron chi connectivity index (χ0n) is 16.0. The van der Waals surface area contributed by atoms with Gasteiger partial charge in [-0.1, -0.05) is 12.1 Å². The van der Waals surface area contributed by atoms with Crippen LogP contribution in [0.15, 0.2) is 48.5 Å². The Labute approximate surface area is 164 Å². The number of hydrogen-bond donors (Lipinski definition) is 1. The Balaban J connectivity index is 1.55. The highest BCUT2D eigenvalue weighted by Gasteiger charge is 2.26. The van der Waals surface area contributed by atoms with E-state index in [9.17, 15) is 14.0 Å². The number of rotatable bonds is 6. The summed E-state index contributed by atoms with van der Waals surface area (Å²) < 4.78 is 18.0. The molecule has 0 spiro atoms. The second-order valence-electron chi connectivity index (χ2n) is 6.99. The maximum Gasteiger partial charge on any atom is 0.338 e. The fourth-order valence-electron chi connectivity index (χ4n) is 3.41. The number of benzene rings is 2. The first-order chi connectivity index (χ1) is 13.5. The molecule has 1 fully saturated rings. The quantitative estimate of drug-likeness (QED) is 0.769. The summed E-state index contributed by atoms with van der Waals surface area (Å²) in [4.78, 5) is 26.6. The third-order valence-electron chi connectivity index (χ3n) is 4.86. The molecule has 0 aliphatic carbocycles. The van der Waals surface area contributed by atoms with Gasteiger partial charge in [-0.15, -0.1) is 0 Å². The topological polar surface area (TPSA) is 58.6 Å². The number of hydrogen-bond acceptors (Lipinski definition) is 4. The molecular weight excluding hydrogens is 359 g/mol. The minimum Gasteiger partial charge on any atom is -0.462 e. The Kier molecular flexibility index (Phi) is 6.76. The maximum atomic E-state index is 13.1. The number of amides is 1. The third kappa shape index (κ3) is 5.39. The molecule has 2 aromatic carbocycles. The van der Waals surface area contributed by atoms with E-state index in [0.29, 0.717) is 30.9 Å². The van der Waals surface area contributed by atoms with Crippen molar-refractivity contribution in [2.45, 2.75) is 26.3 Å². The van der Waals surface area contributed by atoms with Gasteiger partial charge in [-0.05, 0) is 68.3 Å². The monoisotopic (exact) mass is 384 g/mol. The van der Waals surface area contributed by atoms with Crippen molar-refractivity contribution in [1.29, 1.82) is 0 Å². The maximum absolute atomic E-state index is 13.1. The standard InChI is InChI=1S/C22H25FN2O3/c1-2-28-22(27)17-7-11-20(12-8-17)24-21(26)18-4-3-13-25(15-18)14-16-5-9-19(23)10-6-16/h5-12,18H,2-4,13-15H2,1H3,(H,24,26). The highest BCUT2D eigenvalue weighted by molar-refractivity contribution is 5.94. The lowest BCUT2D eigenvalue weighted by molar-refractivity contribution is -0.121. The summed E-state index contributed by atoms with van der Waals surface area (Å²) in [6.07, 6.45) is 1.79. The van der Waals surface area contributed by atoms with Crippen LogP contribution in [0.5, 0.6) is 0 Å². The van der Waals surface area contributed by atoms with E-state index in [-0.39, 0.29) is 23.6 Å². The van der Waals surface area contributed by atoms with E-state index >= 15 is 0 Å². The van der Waals surface area contributed by atoms with Crippen molar-refractivity contribution in [1.82, 2.24) is 4.90 Å². The lowest BCUT2D eigenvalue weighted by Gasteiger charge is -2.32. The average Bonchev–Trinajstić information content (AvgIpc) is 2.71. The van der Waals surface area contributed by atoms with Crippen molar-refractivity contribution in [2.75, 3.05) is 25.0 Å². The molecule has 1 amide bonds. The molecule has 1 atom stereocenters. The van der Waals surface area contributed by atoms with Crippen LogP contribution < -0.4 is 5.32 Å². The van der Waals surface area contributed by atoms with Crippen molar-refractivity contribution >= 4 is 17.6 Å². The van der Waals surface area contributed by atoms with Gasteiger partial charge in [0.25, 0.3) is 0 Å². The van der Waals surface area contributed by atoms with Crippen LogP contribution in [0.25, 0.3) is 0 Å². The largest absolute Gasteiger partial charge is 0.462 e. The predicted octanol–water partition coefficient (Wildman–Crippen LogP) is 3.85. The van der Waals surface area contributed by atoms with Crippen molar-refractivity contribution in [3.63, 3.8) is 0 Å². The predicted molar refractivity (Wildman–Crippen MR) is 105 cm³/mol. The molecule has 1 aliphatic rings. The van der Waals surface area contributed by atoms with Gasteiger partial charge in [-0.2, -0.15) is 0 Å². The molecule has 6 heteroatoms. The molecule has 28 heavy (non-hydrogen) atoms. The van der Waals surface area contributed by atoms with Crippen LogP contribution in [0.2, 0.25) is 0 Å². The first kappa shape index (κ1) is 20.0. The molecule has 148 valence electrons. The van der Waals surface area contributed by atoms with Gasteiger partial charge in [0.1, 0.15) is 5.82 Å². The Bertz CT molecular complexity index is 806. The van der Waals surface area contributed by atoms with Gasteiger partial charge in [0.05, 0.1) is 18.1 Å². The minimum absolute atomic E-state index is 0.0207. The minimum atomic E-state index is -0.371. The summed E-state index contributed by atoms with van der Waals surface area (Å²) in [6, 6.07) is 13.2. The number of nitrogens with zero attached hydrogens (tertiary/aromatic N) is 1. The lowest BCUT2D eigenvalue weighted by atomic mass is 9.96.